The molecule has 0 radical (unpaired) electrons. The number of urea groups is 1. The zero-order valence-electron chi connectivity index (χ0n) is 16.4. The molecule has 0 aliphatic heterocycles. The van der Waals surface area contributed by atoms with Crippen LogP contribution in [0.1, 0.15) is 5.56 Å². The van der Waals surface area contributed by atoms with Gasteiger partial charge in [-0.3, -0.25) is 5.32 Å². The molecular weight excluding hydrogens is 406 g/mol. The Bertz CT molecular complexity index is 993. The van der Waals surface area contributed by atoms with Crippen molar-refractivity contribution in [2.75, 3.05) is 25.5 Å². The van der Waals surface area contributed by atoms with E-state index in [1.807, 2.05) is 48.5 Å². The van der Waals surface area contributed by atoms with E-state index in [2.05, 4.69) is 15.7 Å². The number of amides is 3. The molecule has 0 aliphatic carbocycles. The summed E-state index contributed by atoms with van der Waals surface area (Å²) in [6.07, 6.45) is 1.10. The number of hydrogen-bond acceptors (Lipinski definition) is 4. The van der Waals surface area contributed by atoms with E-state index in [1.54, 1.807) is 30.1 Å². The first-order valence-corrected chi connectivity index (χ1v) is 9.68. The van der Waals surface area contributed by atoms with Gasteiger partial charge >= 0.3 is 12.1 Å². The van der Waals surface area contributed by atoms with Crippen molar-refractivity contribution < 1.29 is 14.3 Å². The lowest BCUT2D eigenvalue weighted by molar-refractivity contribution is 0.146. The van der Waals surface area contributed by atoms with Gasteiger partial charge < -0.3 is 15.0 Å². The quantitative estimate of drug-likeness (QED) is 0.598. The Morgan fingerprint density at radius 3 is 2.60 bits per heavy atom. The molecule has 1 heterocycles. The largest absolute Gasteiger partial charge is 0.447 e. The van der Waals surface area contributed by atoms with Crippen LogP contribution in [0.4, 0.5) is 15.4 Å². The normalized spacial score (nSPS) is 10.3. The van der Waals surface area contributed by atoms with Gasteiger partial charge in [-0.05, 0) is 23.8 Å². The molecule has 3 aromatic rings. The van der Waals surface area contributed by atoms with Gasteiger partial charge in [-0.1, -0.05) is 48.0 Å². The van der Waals surface area contributed by atoms with Crippen LogP contribution < -0.4 is 10.6 Å². The van der Waals surface area contributed by atoms with Crippen LogP contribution in [0.2, 0.25) is 5.02 Å². The Balaban J connectivity index is 1.38. The summed E-state index contributed by atoms with van der Waals surface area (Å²) in [4.78, 5) is 25.5. The van der Waals surface area contributed by atoms with Gasteiger partial charge in [0.15, 0.2) is 5.82 Å². The molecule has 8 nitrogen and oxygen atoms in total. The summed E-state index contributed by atoms with van der Waals surface area (Å²) in [7, 11) is 1.62. The number of ether oxygens (including phenoxy) is 1. The number of rotatable bonds is 7. The number of nitrogens with zero attached hydrogens (tertiary/aromatic N) is 3. The fraction of sp³-hybridized carbons (Fsp3) is 0.190. The minimum atomic E-state index is -0.641. The van der Waals surface area contributed by atoms with Crippen LogP contribution in [0.25, 0.3) is 5.69 Å². The highest BCUT2D eigenvalue weighted by atomic mass is 35.5. The van der Waals surface area contributed by atoms with Crippen molar-refractivity contribution in [2.24, 2.45) is 0 Å². The summed E-state index contributed by atoms with van der Waals surface area (Å²) >= 11 is 6.07. The first kappa shape index (κ1) is 21.2. The van der Waals surface area contributed by atoms with Gasteiger partial charge in [0.1, 0.15) is 6.61 Å². The Morgan fingerprint density at radius 1 is 1.10 bits per heavy atom. The summed E-state index contributed by atoms with van der Waals surface area (Å²) in [6.45, 7) is 0.593. The molecule has 156 valence electrons. The predicted molar refractivity (Wildman–Crippen MR) is 115 cm³/mol. The number of carbonyl (C=O) groups is 2. The number of aromatic nitrogens is 2. The molecule has 0 saturated carbocycles. The molecule has 3 amide bonds. The Kier molecular flexibility index (Phi) is 7.29. The highest BCUT2D eigenvalue weighted by Crippen LogP contribution is 2.14. The van der Waals surface area contributed by atoms with Crippen LogP contribution in [0.5, 0.6) is 0 Å². The maximum atomic E-state index is 12.1. The Hall–Kier alpha value is -3.52. The lowest BCUT2D eigenvalue weighted by atomic mass is 10.2. The van der Waals surface area contributed by atoms with Crippen molar-refractivity contribution in [3.63, 3.8) is 0 Å². The minimum absolute atomic E-state index is 0.0429. The van der Waals surface area contributed by atoms with Crippen molar-refractivity contribution in [3.05, 3.63) is 77.4 Å². The van der Waals surface area contributed by atoms with E-state index in [4.69, 9.17) is 16.3 Å². The second kappa shape index (κ2) is 10.3. The second-order valence-electron chi connectivity index (χ2n) is 6.41. The number of hydrogen-bond donors (Lipinski definition) is 2. The van der Waals surface area contributed by atoms with Crippen LogP contribution in [0.3, 0.4) is 0 Å². The third-order valence-electron chi connectivity index (χ3n) is 4.23. The number of benzene rings is 2. The van der Waals surface area contributed by atoms with Crippen molar-refractivity contribution >= 4 is 29.5 Å². The monoisotopic (exact) mass is 427 g/mol. The summed E-state index contributed by atoms with van der Waals surface area (Å²) in [6, 6.07) is 18.2. The van der Waals surface area contributed by atoms with Gasteiger partial charge in [0.2, 0.25) is 0 Å². The molecule has 2 aromatic carbocycles. The second-order valence-corrected chi connectivity index (χ2v) is 6.82. The highest BCUT2D eigenvalue weighted by Gasteiger charge is 2.11. The van der Waals surface area contributed by atoms with Crippen molar-refractivity contribution in [1.82, 2.24) is 20.0 Å². The van der Waals surface area contributed by atoms with Crippen LogP contribution >= 0.6 is 11.6 Å². The topological polar surface area (TPSA) is 88.5 Å². The fourth-order valence-corrected chi connectivity index (χ4v) is 2.78. The highest BCUT2D eigenvalue weighted by molar-refractivity contribution is 6.31. The van der Waals surface area contributed by atoms with Crippen LogP contribution in [0.15, 0.2) is 66.9 Å². The van der Waals surface area contributed by atoms with Crippen molar-refractivity contribution in [2.45, 2.75) is 6.54 Å². The van der Waals surface area contributed by atoms with Crippen molar-refractivity contribution in [3.8, 4) is 5.69 Å². The molecular formula is C21H22ClN5O3. The van der Waals surface area contributed by atoms with E-state index in [0.29, 0.717) is 17.4 Å². The molecule has 0 atom stereocenters. The van der Waals surface area contributed by atoms with Gasteiger partial charge in [-0.25, -0.2) is 14.3 Å². The number of para-hydroxylation sites is 1. The smallest absolute Gasteiger partial charge is 0.412 e. The minimum Gasteiger partial charge on any atom is -0.447 e. The molecule has 0 unspecified atom stereocenters. The molecule has 0 aliphatic rings. The molecule has 0 spiro atoms. The Morgan fingerprint density at radius 2 is 1.83 bits per heavy atom. The van der Waals surface area contributed by atoms with Crippen LogP contribution in [-0.2, 0) is 11.3 Å². The predicted octanol–water partition coefficient (Wildman–Crippen LogP) is 3.92. The molecule has 2 N–H and O–H groups in total. The van der Waals surface area contributed by atoms with E-state index in [0.717, 1.165) is 11.3 Å². The zero-order valence-corrected chi connectivity index (χ0v) is 17.2. The van der Waals surface area contributed by atoms with Gasteiger partial charge in [0, 0.05) is 30.9 Å². The number of carbonyl (C=O) groups excluding carboxylic acids is 2. The first-order valence-electron chi connectivity index (χ1n) is 9.30. The molecule has 0 bridgehead atoms. The average molecular weight is 428 g/mol. The van der Waals surface area contributed by atoms with E-state index >= 15 is 0 Å². The van der Waals surface area contributed by atoms with Gasteiger partial charge in [0.25, 0.3) is 0 Å². The average Bonchev–Trinajstić information content (AvgIpc) is 3.22. The summed E-state index contributed by atoms with van der Waals surface area (Å²) < 4.78 is 6.77. The summed E-state index contributed by atoms with van der Waals surface area (Å²) in [5.41, 5.74) is 1.70. The molecule has 0 saturated heterocycles. The van der Waals surface area contributed by atoms with Crippen LogP contribution in [0, 0.1) is 0 Å². The van der Waals surface area contributed by atoms with Gasteiger partial charge in [-0.15, -0.1) is 5.10 Å². The van der Waals surface area contributed by atoms with E-state index in [1.165, 1.54) is 4.90 Å². The SMILES string of the molecule is CN(CCOC(=O)Nc1ccn(-c2ccccc2)n1)C(=O)NCc1ccccc1Cl. The first-order chi connectivity index (χ1) is 14.5. The standard InChI is InChI=1S/C21H22ClN5O3/c1-26(20(28)23-15-16-7-5-6-10-18(16)22)13-14-30-21(29)24-19-11-12-27(25-19)17-8-3-2-4-9-17/h2-12H,13-15H2,1H3,(H,23,28)(H,24,25,29). The molecule has 3 rings (SSSR count). The molecule has 1 aromatic heterocycles. The number of halogens is 1. The lowest BCUT2D eigenvalue weighted by Crippen LogP contribution is -2.39. The maximum absolute atomic E-state index is 12.1. The van der Waals surface area contributed by atoms with Gasteiger partial charge in [0.05, 0.1) is 12.2 Å². The van der Waals surface area contributed by atoms with E-state index < -0.39 is 6.09 Å². The Labute approximate surface area is 179 Å². The summed E-state index contributed by atoms with van der Waals surface area (Å²) in [5.74, 6) is 0.370. The fourth-order valence-electron chi connectivity index (χ4n) is 2.58. The molecule has 9 heteroatoms. The number of anilines is 1. The number of likely N-dealkylation sites (N-methyl/N-ethyl adjacent to an activating group) is 1. The maximum Gasteiger partial charge on any atom is 0.412 e. The summed E-state index contributed by atoms with van der Waals surface area (Å²) in [5, 5.41) is 10.2. The van der Waals surface area contributed by atoms with Gasteiger partial charge in [-0.2, -0.15) is 0 Å². The van der Waals surface area contributed by atoms with E-state index in [9.17, 15) is 9.59 Å². The third kappa shape index (κ3) is 5.99. The molecule has 0 fully saturated rings. The van der Waals surface area contributed by atoms with E-state index in [-0.39, 0.29) is 19.2 Å². The van der Waals surface area contributed by atoms with Crippen molar-refractivity contribution in [1.29, 1.82) is 0 Å². The molecule has 30 heavy (non-hydrogen) atoms. The van der Waals surface area contributed by atoms with Crippen LogP contribution in [-0.4, -0.2) is 47.0 Å². The lowest BCUT2D eigenvalue weighted by Gasteiger charge is -2.18. The zero-order chi connectivity index (χ0) is 21.3. The number of nitrogens with one attached hydrogen (secondary N) is 2. The third-order valence-corrected chi connectivity index (χ3v) is 4.60.